The molecule has 0 spiro atoms. The van der Waals surface area contributed by atoms with Crippen LogP contribution in [0.15, 0.2) is 5.38 Å². The van der Waals surface area contributed by atoms with E-state index in [1.165, 1.54) is 9.88 Å². The lowest BCUT2D eigenvalue weighted by Crippen LogP contribution is -2.12. The summed E-state index contributed by atoms with van der Waals surface area (Å²) in [7, 11) is 0. The first kappa shape index (κ1) is 15.4. The lowest BCUT2D eigenvalue weighted by atomic mass is 10.1. The number of anilines is 1. The van der Waals surface area contributed by atoms with Crippen LogP contribution in [0, 0.1) is 12.8 Å². The maximum absolute atomic E-state index is 4.70. The van der Waals surface area contributed by atoms with E-state index in [1.807, 2.05) is 0 Å². The Bertz CT molecular complexity index is 557. The minimum atomic E-state index is 0.466. The van der Waals surface area contributed by atoms with E-state index in [0.29, 0.717) is 12.0 Å². The molecule has 0 aliphatic carbocycles. The van der Waals surface area contributed by atoms with E-state index in [1.54, 1.807) is 22.7 Å². The molecule has 0 fully saturated rings. The summed E-state index contributed by atoms with van der Waals surface area (Å²) in [5.74, 6) is 0.645. The Morgan fingerprint density at radius 2 is 2.00 bits per heavy atom. The number of hydrogen-bond acceptors (Lipinski definition) is 5. The molecular weight excluding hydrogens is 286 g/mol. The van der Waals surface area contributed by atoms with Crippen LogP contribution < -0.4 is 5.32 Å². The van der Waals surface area contributed by atoms with Gasteiger partial charge in [-0.05, 0) is 26.2 Å². The van der Waals surface area contributed by atoms with E-state index in [4.69, 9.17) is 4.98 Å². The van der Waals surface area contributed by atoms with Crippen molar-refractivity contribution in [2.45, 2.75) is 53.5 Å². The molecule has 20 heavy (non-hydrogen) atoms. The zero-order valence-electron chi connectivity index (χ0n) is 12.9. The molecular formula is C15H23N3S2. The second-order valence-electron chi connectivity index (χ2n) is 5.61. The highest BCUT2D eigenvalue weighted by molar-refractivity contribution is 7.16. The molecule has 1 atom stereocenters. The summed E-state index contributed by atoms with van der Waals surface area (Å²) in [6.45, 7) is 10.9. The molecule has 1 unspecified atom stereocenters. The molecule has 2 aromatic heterocycles. The van der Waals surface area contributed by atoms with Crippen LogP contribution in [0.4, 0.5) is 5.13 Å². The fourth-order valence-electron chi connectivity index (χ4n) is 1.88. The second-order valence-corrected chi connectivity index (χ2v) is 7.55. The van der Waals surface area contributed by atoms with Crippen LogP contribution in [0.1, 0.15) is 44.8 Å². The summed E-state index contributed by atoms with van der Waals surface area (Å²) >= 11 is 3.46. The van der Waals surface area contributed by atoms with E-state index in [-0.39, 0.29) is 0 Å². The Morgan fingerprint density at radius 1 is 1.25 bits per heavy atom. The van der Waals surface area contributed by atoms with Crippen molar-refractivity contribution in [1.82, 2.24) is 9.97 Å². The fraction of sp³-hybridized carbons (Fsp3) is 0.600. The van der Waals surface area contributed by atoms with Crippen molar-refractivity contribution in [2.24, 2.45) is 5.92 Å². The Labute approximate surface area is 129 Å². The summed E-state index contributed by atoms with van der Waals surface area (Å²) in [4.78, 5) is 10.6. The van der Waals surface area contributed by atoms with Gasteiger partial charge in [-0.3, -0.25) is 0 Å². The standard InChI is InChI=1S/C15H23N3S2/c1-6-10(4)16-15-18-12(8-19-15)14-11(5)17-13(20-14)7-9(2)3/h8-10H,6-7H2,1-5H3,(H,16,18). The summed E-state index contributed by atoms with van der Waals surface area (Å²) in [5, 5.41) is 7.79. The fourth-order valence-corrected chi connectivity index (χ4v) is 4.01. The predicted octanol–water partition coefficient (Wildman–Crippen LogP) is 4.98. The highest BCUT2D eigenvalue weighted by atomic mass is 32.1. The van der Waals surface area contributed by atoms with Crippen LogP contribution in [0.5, 0.6) is 0 Å². The molecule has 0 saturated heterocycles. The van der Waals surface area contributed by atoms with Gasteiger partial charge in [0.15, 0.2) is 5.13 Å². The number of rotatable bonds is 6. The minimum Gasteiger partial charge on any atom is -0.359 e. The van der Waals surface area contributed by atoms with E-state index >= 15 is 0 Å². The SMILES string of the molecule is CCC(C)Nc1nc(-c2sc(CC(C)C)nc2C)cs1. The van der Waals surface area contributed by atoms with Gasteiger partial charge in [0.25, 0.3) is 0 Å². The van der Waals surface area contributed by atoms with Crippen molar-refractivity contribution < 1.29 is 0 Å². The largest absolute Gasteiger partial charge is 0.359 e. The molecule has 0 radical (unpaired) electrons. The third-order valence-electron chi connectivity index (χ3n) is 3.14. The highest BCUT2D eigenvalue weighted by Crippen LogP contribution is 2.33. The summed E-state index contributed by atoms with van der Waals surface area (Å²) < 4.78 is 0. The zero-order valence-corrected chi connectivity index (χ0v) is 14.5. The maximum atomic E-state index is 4.70. The van der Waals surface area contributed by atoms with Gasteiger partial charge in [-0.25, -0.2) is 9.97 Å². The van der Waals surface area contributed by atoms with Crippen molar-refractivity contribution in [2.75, 3.05) is 5.32 Å². The van der Waals surface area contributed by atoms with Crippen molar-refractivity contribution in [3.63, 3.8) is 0 Å². The van der Waals surface area contributed by atoms with Gasteiger partial charge in [-0.1, -0.05) is 20.8 Å². The molecule has 0 aliphatic heterocycles. The van der Waals surface area contributed by atoms with Crippen molar-refractivity contribution in [3.05, 3.63) is 16.1 Å². The van der Waals surface area contributed by atoms with Gasteiger partial charge in [0, 0.05) is 17.8 Å². The van der Waals surface area contributed by atoms with Gasteiger partial charge < -0.3 is 5.32 Å². The minimum absolute atomic E-state index is 0.466. The van der Waals surface area contributed by atoms with Crippen molar-refractivity contribution in [1.29, 1.82) is 0 Å². The molecule has 110 valence electrons. The summed E-state index contributed by atoms with van der Waals surface area (Å²) in [6, 6.07) is 0.466. The van der Waals surface area contributed by atoms with Gasteiger partial charge in [0.1, 0.15) is 0 Å². The van der Waals surface area contributed by atoms with Crippen LogP contribution in [-0.2, 0) is 6.42 Å². The van der Waals surface area contributed by atoms with E-state index in [0.717, 1.165) is 29.4 Å². The Hall–Kier alpha value is -0.940. The first-order chi connectivity index (χ1) is 9.49. The number of nitrogens with one attached hydrogen (secondary N) is 1. The molecule has 0 saturated carbocycles. The smallest absolute Gasteiger partial charge is 0.183 e. The third-order valence-corrected chi connectivity index (χ3v) is 5.12. The first-order valence-electron chi connectivity index (χ1n) is 7.18. The molecule has 5 heteroatoms. The second kappa shape index (κ2) is 6.68. The number of aryl methyl sites for hydroxylation is 1. The molecule has 2 aromatic rings. The molecule has 0 bridgehead atoms. The lowest BCUT2D eigenvalue weighted by molar-refractivity contribution is 0.643. The molecule has 2 heterocycles. The quantitative estimate of drug-likeness (QED) is 0.817. The van der Waals surface area contributed by atoms with Gasteiger partial charge in [0.05, 0.1) is 21.3 Å². The molecule has 0 amide bonds. The Morgan fingerprint density at radius 3 is 2.65 bits per heavy atom. The average molecular weight is 310 g/mol. The molecule has 2 rings (SSSR count). The Kier molecular flexibility index (Phi) is 5.16. The van der Waals surface area contributed by atoms with Crippen molar-refractivity contribution in [3.8, 4) is 10.6 Å². The maximum Gasteiger partial charge on any atom is 0.183 e. The van der Waals surface area contributed by atoms with Gasteiger partial charge in [-0.2, -0.15) is 0 Å². The summed E-state index contributed by atoms with van der Waals surface area (Å²) in [6.07, 6.45) is 2.15. The van der Waals surface area contributed by atoms with Crippen LogP contribution in [0.25, 0.3) is 10.6 Å². The van der Waals surface area contributed by atoms with E-state index in [9.17, 15) is 0 Å². The number of aromatic nitrogens is 2. The molecule has 3 nitrogen and oxygen atoms in total. The molecule has 0 aromatic carbocycles. The van der Waals surface area contributed by atoms with Gasteiger partial charge in [0.2, 0.25) is 0 Å². The Balaban J connectivity index is 2.17. The molecule has 1 N–H and O–H groups in total. The highest BCUT2D eigenvalue weighted by Gasteiger charge is 2.14. The van der Waals surface area contributed by atoms with Crippen molar-refractivity contribution >= 4 is 27.8 Å². The molecule has 0 aliphatic rings. The normalized spacial score (nSPS) is 12.9. The number of nitrogens with zero attached hydrogens (tertiary/aromatic N) is 2. The lowest BCUT2D eigenvalue weighted by Gasteiger charge is -2.08. The monoisotopic (exact) mass is 309 g/mol. The summed E-state index contributed by atoms with van der Waals surface area (Å²) in [5.41, 5.74) is 2.16. The first-order valence-corrected chi connectivity index (χ1v) is 8.88. The van der Waals surface area contributed by atoms with Crippen LogP contribution in [-0.4, -0.2) is 16.0 Å². The van der Waals surface area contributed by atoms with E-state index < -0.39 is 0 Å². The number of hydrogen-bond donors (Lipinski definition) is 1. The van der Waals surface area contributed by atoms with Crippen LogP contribution in [0.2, 0.25) is 0 Å². The van der Waals surface area contributed by atoms with Gasteiger partial charge in [-0.15, -0.1) is 22.7 Å². The van der Waals surface area contributed by atoms with Crippen LogP contribution >= 0.6 is 22.7 Å². The predicted molar refractivity (Wildman–Crippen MR) is 89.9 cm³/mol. The van der Waals surface area contributed by atoms with Crippen LogP contribution in [0.3, 0.4) is 0 Å². The average Bonchev–Trinajstić information content (AvgIpc) is 2.95. The number of thiazole rings is 2. The van der Waals surface area contributed by atoms with Gasteiger partial charge >= 0.3 is 0 Å². The zero-order chi connectivity index (χ0) is 14.7. The van der Waals surface area contributed by atoms with E-state index in [2.05, 4.69) is 50.3 Å². The topological polar surface area (TPSA) is 37.8 Å². The third kappa shape index (κ3) is 3.79.